The average molecular weight is 357 g/mol. The summed E-state index contributed by atoms with van der Waals surface area (Å²) in [6.07, 6.45) is 6.28. The molecule has 1 aliphatic heterocycles. The van der Waals surface area contributed by atoms with Crippen molar-refractivity contribution in [3.63, 3.8) is 0 Å². The summed E-state index contributed by atoms with van der Waals surface area (Å²) in [5, 5.41) is 6.80. The van der Waals surface area contributed by atoms with Gasteiger partial charge in [0.25, 0.3) is 11.8 Å². The quantitative estimate of drug-likeness (QED) is 0.894. The van der Waals surface area contributed by atoms with Crippen LogP contribution in [0.1, 0.15) is 52.6 Å². The van der Waals surface area contributed by atoms with Gasteiger partial charge in [-0.25, -0.2) is 0 Å². The van der Waals surface area contributed by atoms with E-state index in [1.165, 1.54) is 24.2 Å². The van der Waals surface area contributed by atoms with E-state index in [2.05, 4.69) is 9.88 Å². The molecule has 4 rings (SSSR count). The van der Waals surface area contributed by atoms with Crippen molar-refractivity contribution in [3.05, 3.63) is 46.4 Å². The lowest BCUT2D eigenvalue weighted by Crippen LogP contribution is -2.42. The molecule has 2 aromatic heterocycles. The zero-order valence-electron chi connectivity index (χ0n) is 14.2. The maximum Gasteiger partial charge on any atom is 0.270 e. The highest BCUT2D eigenvalue weighted by Crippen LogP contribution is 2.36. The molecule has 1 saturated heterocycles. The number of carbonyl (C=O) groups excluding carboxylic acids is 2. The van der Waals surface area contributed by atoms with Gasteiger partial charge in [-0.3, -0.25) is 9.59 Å². The number of nitrogens with zero attached hydrogens (tertiary/aromatic N) is 2. The lowest BCUT2D eigenvalue weighted by atomic mass is 9.96. The highest BCUT2D eigenvalue weighted by molar-refractivity contribution is 7.08. The summed E-state index contributed by atoms with van der Waals surface area (Å²) in [6, 6.07) is 6.28. The minimum Gasteiger partial charge on any atom is -0.352 e. The smallest absolute Gasteiger partial charge is 0.270 e. The summed E-state index contributed by atoms with van der Waals surface area (Å²) in [7, 11) is 0. The number of carbonyl (C=O) groups is 2. The second kappa shape index (κ2) is 7.04. The molecular formula is C19H23N3O2S. The van der Waals surface area contributed by atoms with Gasteiger partial charge in [-0.2, -0.15) is 11.3 Å². The van der Waals surface area contributed by atoms with Crippen LogP contribution in [0.2, 0.25) is 0 Å². The average Bonchev–Trinajstić information content (AvgIpc) is 3.14. The Labute approximate surface area is 151 Å². The number of amides is 2. The molecule has 6 heteroatoms. The van der Waals surface area contributed by atoms with E-state index < -0.39 is 0 Å². The lowest BCUT2D eigenvalue weighted by Gasteiger charge is -2.32. The van der Waals surface area contributed by atoms with Crippen molar-refractivity contribution in [1.82, 2.24) is 14.8 Å². The molecule has 0 bridgehead atoms. The second-order valence-electron chi connectivity index (χ2n) is 6.99. The van der Waals surface area contributed by atoms with Crippen LogP contribution in [0.4, 0.5) is 0 Å². The van der Waals surface area contributed by atoms with Crippen molar-refractivity contribution in [1.29, 1.82) is 0 Å². The van der Waals surface area contributed by atoms with Gasteiger partial charge in [0, 0.05) is 42.8 Å². The molecule has 1 N–H and O–H groups in total. The van der Waals surface area contributed by atoms with Crippen molar-refractivity contribution >= 4 is 23.2 Å². The van der Waals surface area contributed by atoms with E-state index in [0.29, 0.717) is 18.5 Å². The molecule has 0 atom stereocenters. The van der Waals surface area contributed by atoms with E-state index in [1.54, 1.807) is 0 Å². The largest absolute Gasteiger partial charge is 0.352 e. The van der Waals surface area contributed by atoms with Gasteiger partial charge in [0.1, 0.15) is 5.69 Å². The van der Waals surface area contributed by atoms with Crippen LogP contribution in [0.3, 0.4) is 0 Å². The lowest BCUT2D eigenvalue weighted by molar-refractivity contribution is 0.0673. The number of hydrogen-bond acceptors (Lipinski definition) is 3. The Hall–Kier alpha value is -2.08. The van der Waals surface area contributed by atoms with Gasteiger partial charge in [-0.05, 0) is 55.2 Å². The first-order chi connectivity index (χ1) is 12.2. The van der Waals surface area contributed by atoms with E-state index in [-0.39, 0.29) is 11.8 Å². The minimum absolute atomic E-state index is 0.00187. The molecule has 2 amide bonds. The van der Waals surface area contributed by atoms with Crippen molar-refractivity contribution < 1.29 is 9.59 Å². The Morgan fingerprint density at radius 3 is 2.64 bits per heavy atom. The first-order valence-electron chi connectivity index (χ1n) is 8.99. The summed E-state index contributed by atoms with van der Waals surface area (Å²) in [5.74, 6) is 0.599. The van der Waals surface area contributed by atoms with E-state index in [1.807, 2.05) is 40.1 Å². The van der Waals surface area contributed by atoms with Gasteiger partial charge in [-0.15, -0.1) is 0 Å². The van der Waals surface area contributed by atoms with Crippen molar-refractivity contribution in [2.45, 2.75) is 31.7 Å². The van der Waals surface area contributed by atoms with E-state index >= 15 is 0 Å². The predicted octanol–water partition coefficient (Wildman–Crippen LogP) is 3.17. The van der Waals surface area contributed by atoms with Crippen LogP contribution < -0.4 is 5.32 Å². The molecule has 1 saturated carbocycles. The molecule has 5 nitrogen and oxygen atoms in total. The molecule has 132 valence electrons. The van der Waals surface area contributed by atoms with Crippen LogP contribution in [0.25, 0.3) is 0 Å². The molecular weight excluding hydrogens is 334 g/mol. The topological polar surface area (TPSA) is 54.3 Å². The zero-order valence-corrected chi connectivity index (χ0v) is 15.0. The Morgan fingerprint density at radius 1 is 1.16 bits per heavy atom. The first kappa shape index (κ1) is 16.4. The summed E-state index contributed by atoms with van der Waals surface area (Å²) in [5.41, 5.74) is 1.56. The summed E-state index contributed by atoms with van der Waals surface area (Å²) >= 11 is 1.53. The third-order valence-corrected chi connectivity index (χ3v) is 5.86. The van der Waals surface area contributed by atoms with Crippen molar-refractivity contribution in [2.24, 2.45) is 5.92 Å². The van der Waals surface area contributed by atoms with Gasteiger partial charge in [0.15, 0.2) is 0 Å². The van der Waals surface area contributed by atoms with Gasteiger partial charge in [-0.1, -0.05) is 0 Å². The predicted molar refractivity (Wildman–Crippen MR) is 98.0 cm³/mol. The highest BCUT2D eigenvalue weighted by atomic mass is 32.1. The number of thiophene rings is 1. The molecule has 1 aliphatic carbocycles. The molecule has 2 aromatic rings. The third kappa shape index (κ3) is 3.63. The molecule has 0 aromatic carbocycles. The maximum absolute atomic E-state index is 12.8. The number of nitrogens with one attached hydrogen (secondary N) is 1. The number of rotatable bonds is 5. The number of hydrogen-bond donors (Lipinski definition) is 1. The molecule has 2 fully saturated rings. The summed E-state index contributed by atoms with van der Waals surface area (Å²) < 4.78 is 2.13. The van der Waals surface area contributed by atoms with Crippen molar-refractivity contribution in [3.8, 4) is 0 Å². The Bertz CT molecular complexity index is 741. The standard InChI is InChI=1S/C19H23N3O2S/c23-18(15-7-11-25-13-15)20-12-14-5-9-21(10-6-14)19(24)17-2-1-8-22(17)16-3-4-16/h1-2,7-8,11,13-14,16H,3-6,9-10,12H2,(H,20,23). The maximum atomic E-state index is 12.8. The van der Waals surface area contributed by atoms with Crippen LogP contribution in [-0.2, 0) is 0 Å². The number of piperidine rings is 1. The fourth-order valence-corrected chi connectivity index (χ4v) is 4.12. The van der Waals surface area contributed by atoms with E-state index in [4.69, 9.17) is 0 Å². The molecule has 0 radical (unpaired) electrons. The van der Waals surface area contributed by atoms with Gasteiger partial charge < -0.3 is 14.8 Å². The SMILES string of the molecule is O=C(NCC1CCN(C(=O)c2cccn2C2CC2)CC1)c1ccsc1. The van der Waals surface area contributed by atoms with Crippen LogP contribution >= 0.6 is 11.3 Å². The Balaban J connectivity index is 1.27. The van der Waals surface area contributed by atoms with Crippen LogP contribution in [0.15, 0.2) is 35.2 Å². The Kier molecular flexibility index (Phi) is 4.61. The number of aromatic nitrogens is 1. The molecule has 0 unspecified atom stereocenters. The molecule has 3 heterocycles. The van der Waals surface area contributed by atoms with Crippen molar-refractivity contribution in [2.75, 3.05) is 19.6 Å². The molecule has 0 spiro atoms. The fraction of sp³-hybridized carbons (Fsp3) is 0.474. The minimum atomic E-state index is 0.00187. The van der Waals surface area contributed by atoms with E-state index in [9.17, 15) is 9.59 Å². The van der Waals surface area contributed by atoms with E-state index in [0.717, 1.165) is 37.2 Å². The molecule has 2 aliphatic rings. The molecule has 25 heavy (non-hydrogen) atoms. The summed E-state index contributed by atoms with van der Waals surface area (Å²) in [6.45, 7) is 2.23. The fourth-order valence-electron chi connectivity index (χ4n) is 3.48. The normalized spacial score (nSPS) is 18.3. The summed E-state index contributed by atoms with van der Waals surface area (Å²) in [4.78, 5) is 26.8. The monoisotopic (exact) mass is 357 g/mol. The number of likely N-dealkylation sites (tertiary alicyclic amines) is 1. The van der Waals surface area contributed by atoms with Crippen LogP contribution in [0, 0.1) is 5.92 Å². The zero-order chi connectivity index (χ0) is 17.2. The van der Waals surface area contributed by atoms with Gasteiger partial charge in [0.2, 0.25) is 0 Å². The second-order valence-corrected chi connectivity index (χ2v) is 7.77. The third-order valence-electron chi connectivity index (χ3n) is 5.17. The first-order valence-corrected chi connectivity index (χ1v) is 9.93. The van der Waals surface area contributed by atoms with Crippen LogP contribution in [0.5, 0.6) is 0 Å². The van der Waals surface area contributed by atoms with Crippen LogP contribution in [-0.4, -0.2) is 40.9 Å². The Morgan fingerprint density at radius 2 is 1.96 bits per heavy atom. The van der Waals surface area contributed by atoms with Gasteiger partial charge in [0.05, 0.1) is 0 Å². The van der Waals surface area contributed by atoms with Gasteiger partial charge >= 0.3 is 0 Å². The highest BCUT2D eigenvalue weighted by Gasteiger charge is 2.30.